The molecule has 0 bridgehead atoms. The van der Waals surface area contributed by atoms with Gasteiger partial charge >= 0.3 is 11.9 Å². The number of amides is 8. The lowest BCUT2D eigenvalue weighted by Gasteiger charge is -2.31. The van der Waals surface area contributed by atoms with E-state index in [0.29, 0.717) is 62.3 Å². The number of imide groups is 1. The molecule has 23 nitrogen and oxygen atoms in total. The Morgan fingerprint density at radius 1 is 0.883 bits per heavy atom. The highest BCUT2D eigenvalue weighted by atomic mass is 19.1. The summed E-state index contributed by atoms with van der Waals surface area (Å²) in [5.41, 5.74) is 1.95. The number of likely N-dealkylation sites (tertiary alicyclic amines) is 1. The van der Waals surface area contributed by atoms with Crippen LogP contribution in [0.25, 0.3) is 22.3 Å². The molecule has 0 spiro atoms. The quantitative estimate of drug-likeness (QED) is 0.0277. The van der Waals surface area contributed by atoms with E-state index in [1.54, 1.807) is 50.2 Å². The average Bonchev–Trinajstić information content (AvgIpc) is 3.95. The maximum atomic E-state index is 15.4. The number of carbonyl (C=O) groups excluding carboxylic acids is 9. The second-order valence-electron chi connectivity index (χ2n) is 19.6. The molecule has 1 saturated heterocycles. The van der Waals surface area contributed by atoms with Gasteiger partial charge in [-0.1, -0.05) is 44.2 Å². The van der Waals surface area contributed by atoms with Crippen molar-refractivity contribution in [3.05, 3.63) is 97.6 Å². The van der Waals surface area contributed by atoms with Crippen LogP contribution in [0.15, 0.2) is 47.3 Å². The number of carbonyl (C=O) groups is 10. The van der Waals surface area contributed by atoms with Crippen molar-refractivity contribution >= 4 is 70.1 Å². The van der Waals surface area contributed by atoms with Gasteiger partial charge in [0.2, 0.25) is 47.3 Å². The summed E-state index contributed by atoms with van der Waals surface area (Å²) >= 11 is 0. The number of pyridine rings is 2. The fourth-order valence-corrected chi connectivity index (χ4v) is 10.4. The minimum absolute atomic E-state index is 0.00542. The number of rotatable bonds is 21. The number of benzene rings is 2. The molecule has 1 fully saturated rings. The van der Waals surface area contributed by atoms with Gasteiger partial charge in [0.1, 0.15) is 24.5 Å². The van der Waals surface area contributed by atoms with Gasteiger partial charge in [-0.2, -0.15) is 0 Å². The molecule has 8 amide bonds. The van der Waals surface area contributed by atoms with E-state index in [0.717, 1.165) is 5.56 Å². The van der Waals surface area contributed by atoms with Crippen LogP contribution in [0, 0.1) is 18.7 Å². The summed E-state index contributed by atoms with van der Waals surface area (Å²) in [6, 6.07) is 8.27. The second-order valence-corrected chi connectivity index (χ2v) is 19.6. The second kappa shape index (κ2) is 22.8. The van der Waals surface area contributed by atoms with Crippen LogP contribution >= 0.6 is 0 Å². The van der Waals surface area contributed by atoms with Crippen LogP contribution in [0.2, 0.25) is 0 Å². The minimum Gasteiger partial charge on any atom is -0.481 e. The summed E-state index contributed by atoms with van der Waals surface area (Å²) in [6.07, 6.45) is -0.128. The van der Waals surface area contributed by atoms with Gasteiger partial charge in [0.05, 0.1) is 54.7 Å². The van der Waals surface area contributed by atoms with Crippen molar-refractivity contribution in [2.24, 2.45) is 5.92 Å². The SMILES string of the molecule is CC[C@@]1(O)C(=O)OCc2c1cc1n(c2=O)Cc2c-1nc1cc(F)c(C)c3c1c2[C@@H](NC(=O)CCCNC(=O)CNC(=O)C(Cc1ccccc1)NC(=O)CNC(=O)CNC(=O)[C@H](CCC(=O)O)N1C(=O)CC(C)C1=O)CC3. The summed E-state index contributed by atoms with van der Waals surface area (Å²) in [6.45, 7) is 2.74. The van der Waals surface area contributed by atoms with Gasteiger partial charge in [-0.15, -0.1) is 0 Å². The number of nitrogens with zero attached hydrogens (tertiary/aromatic N) is 3. The van der Waals surface area contributed by atoms with Gasteiger partial charge < -0.3 is 51.4 Å². The van der Waals surface area contributed by atoms with Gasteiger partial charge in [0.15, 0.2) is 5.60 Å². The largest absolute Gasteiger partial charge is 0.481 e. The number of carboxylic acid groups (broad SMARTS) is 1. The first kappa shape index (κ1) is 54.8. The van der Waals surface area contributed by atoms with E-state index in [4.69, 9.17) is 14.8 Å². The Morgan fingerprint density at radius 3 is 2.27 bits per heavy atom. The molecule has 5 heterocycles. The zero-order chi connectivity index (χ0) is 55.5. The van der Waals surface area contributed by atoms with E-state index >= 15 is 4.39 Å². The van der Waals surface area contributed by atoms with Gasteiger partial charge in [-0.05, 0) is 67.3 Å². The Labute approximate surface area is 439 Å². The first-order chi connectivity index (χ1) is 36.7. The van der Waals surface area contributed by atoms with E-state index in [1.807, 2.05) is 0 Å². The third-order valence-corrected chi connectivity index (χ3v) is 14.5. The summed E-state index contributed by atoms with van der Waals surface area (Å²) in [5, 5.41) is 36.6. The van der Waals surface area contributed by atoms with Crippen molar-refractivity contribution in [2.45, 2.75) is 115 Å². The van der Waals surface area contributed by atoms with Crippen LogP contribution in [0.3, 0.4) is 0 Å². The van der Waals surface area contributed by atoms with Gasteiger partial charge in [-0.3, -0.25) is 52.8 Å². The van der Waals surface area contributed by atoms with E-state index in [2.05, 4.69) is 31.9 Å². The van der Waals surface area contributed by atoms with Gasteiger partial charge in [0.25, 0.3) is 5.56 Å². The number of ether oxygens (including phenoxy) is 1. The number of fused-ring (bicyclic) bond motifs is 5. The molecule has 406 valence electrons. The number of cyclic esters (lactones) is 1. The fourth-order valence-electron chi connectivity index (χ4n) is 10.4. The monoisotopic (exact) mass is 1060 g/mol. The smallest absolute Gasteiger partial charge is 0.343 e. The van der Waals surface area contributed by atoms with Crippen LogP contribution in [-0.2, 0) is 84.3 Å². The highest BCUT2D eigenvalue weighted by Gasteiger charge is 2.46. The van der Waals surface area contributed by atoms with Crippen molar-refractivity contribution in [1.29, 1.82) is 0 Å². The molecular formula is C53H58FN9O14. The standard InChI is InChI=1S/C53H58FN9O14/c1-4-53(76)32-19-38-47-30(24-62(38)51(74)31(32)25-77-52(53)75)46-34(13-12-29-27(3)33(54)20-35(61-47)45(29)46)59-39(64)11-8-16-55-40(65)21-57-48(71)36(18-28-9-6-5-7-10-28)60-42(67)23-56-41(66)22-58-49(72)37(14-15-44(69)70)63-43(68)17-26(2)50(63)73/h5-7,9-10,19-20,26,34,36-37,76H,4,8,11-18,21-25H2,1-3H3,(H,55,65)(H,56,66)(H,57,71)(H,58,72)(H,59,64)(H,60,67)(H,69,70)/t26?,34-,36?,37-,53-/m0/s1. The first-order valence-electron chi connectivity index (χ1n) is 25.3. The van der Waals surface area contributed by atoms with Gasteiger partial charge in [-0.25, -0.2) is 14.2 Å². The van der Waals surface area contributed by atoms with Crippen molar-refractivity contribution in [3.8, 4) is 11.4 Å². The molecule has 4 aliphatic rings. The number of hydrogen-bond donors (Lipinski definition) is 8. The number of nitrogens with one attached hydrogen (secondary N) is 6. The summed E-state index contributed by atoms with van der Waals surface area (Å²) in [7, 11) is 0. The normalized spacial score (nSPS) is 18.8. The lowest BCUT2D eigenvalue weighted by Crippen LogP contribution is -2.53. The average molecular weight is 1060 g/mol. The fraction of sp³-hybridized carbons (Fsp3) is 0.434. The molecule has 8 N–H and O–H groups in total. The summed E-state index contributed by atoms with van der Waals surface area (Å²) in [5.74, 6) is -8.86. The lowest BCUT2D eigenvalue weighted by atomic mass is 9.81. The molecule has 0 saturated carbocycles. The number of aliphatic carboxylic acids is 1. The first-order valence-corrected chi connectivity index (χ1v) is 25.3. The minimum atomic E-state index is -2.05. The predicted octanol–water partition coefficient (Wildman–Crippen LogP) is 0.232. The van der Waals surface area contributed by atoms with Crippen molar-refractivity contribution in [2.75, 3.05) is 26.2 Å². The number of aryl methyl sites for hydroxylation is 1. The molecule has 0 radical (unpaired) electrons. The van der Waals surface area contributed by atoms with Crippen molar-refractivity contribution < 1.29 is 67.3 Å². The maximum absolute atomic E-state index is 15.4. The van der Waals surface area contributed by atoms with Crippen LogP contribution in [0.4, 0.5) is 4.39 Å². The highest BCUT2D eigenvalue weighted by Crippen LogP contribution is 2.46. The van der Waals surface area contributed by atoms with E-state index in [9.17, 15) is 57.8 Å². The number of esters is 1. The number of aliphatic hydroxyl groups is 1. The molecule has 8 rings (SSSR count). The Bertz CT molecular complexity index is 3200. The number of halogens is 1. The lowest BCUT2D eigenvalue weighted by molar-refractivity contribution is -0.172. The molecule has 2 aromatic carbocycles. The molecule has 5 atom stereocenters. The van der Waals surface area contributed by atoms with Crippen LogP contribution in [-0.4, -0.2) is 122 Å². The topological polar surface area (TPSA) is 331 Å². The van der Waals surface area contributed by atoms with Crippen LogP contribution in [0.1, 0.15) is 104 Å². The Hall–Kier alpha value is -8.41. The van der Waals surface area contributed by atoms with E-state index < -0.39 is 120 Å². The molecule has 2 aromatic heterocycles. The summed E-state index contributed by atoms with van der Waals surface area (Å²) in [4.78, 5) is 147. The van der Waals surface area contributed by atoms with Crippen LogP contribution < -0.4 is 37.5 Å². The van der Waals surface area contributed by atoms with Gasteiger partial charge in [0, 0.05) is 60.7 Å². The number of carboxylic acids is 1. The molecular weight excluding hydrogens is 1010 g/mol. The van der Waals surface area contributed by atoms with E-state index in [-0.39, 0.29) is 75.3 Å². The van der Waals surface area contributed by atoms with Crippen LogP contribution in [0.5, 0.6) is 0 Å². The highest BCUT2D eigenvalue weighted by molar-refractivity contribution is 6.07. The van der Waals surface area contributed by atoms with E-state index in [1.165, 1.54) is 17.6 Å². The zero-order valence-corrected chi connectivity index (χ0v) is 42.5. The predicted molar refractivity (Wildman–Crippen MR) is 268 cm³/mol. The summed E-state index contributed by atoms with van der Waals surface area (Å²) < 4.78 is 22.1. The molecule has 4 aromatic rings. The zero-order valence-electron chi connectivity index (χ0n) is 42.5. The number of hydrogen-bond acceptors (Lipinski definition) is 14. The third-order valence-electron chi connectivity index (χ3n) is 14.5. The molecule has 2 unspecified atom stereocenters. The molecule has 3 aliphatic heterocycles. The van der Waals surface area contributed by atoms with Crippen molar-refractivity contribution in [1.82, 2.24) is 46.4 Å². The Morgan fingerprint density at radius 2 is 1.58 bits per heavy atom. The van der Waals surface area contributed by atoms with Crippen molar-refractivity contribution in [3.63, 3.8) is 0 Å². The maximum Gasteiger partial charge on any atom is 0.343 e. The Balaban J connectivity index is 0.837. The molecule has 1 aliphatic carbocycles. The molecule has 77 heavy (non-hydrogen) atoms. The third kappa shape index (κ3) is 11.4. The molecule has 24 heteroatoms. The number of aromatic nitrogens is 2. The Kier molecular flexibility index (Phi) is 16.3.